The lowest BCUT2D eigenvalue weighted by Gasteiger charge is -2.31. The lowest BCUT2D eigenvalue weighted by Crippen LogP contribution is -2.40. The number of ether oxygens (including phenoxy) is 1. The summed E-state index contributed by atoms with van der Waals surface area (Å²) >= 11 is 0. The van der Waals surface area contributed by atoms with Gasteiger partial charge in [0.2, 0.25) is 0 Å². The number of pyridine rings is 1. The fourth-order valence-corrected chi connectivity index (χ4v) is 1.93. The summed E-state index contributed by atoms with van der Waals surface area (Å²) in [6, 6.07) is 5.87. The Hall–Kier alpha value is -1.44. The van der Waals surface area contributed by atoms with Crippen molar-refractivity contribution in [2.75, 3.05) is 19.7 Å². The van der Waals surface area contributed by atoms with Crippen LogP contribution in [0.3, 0.4) is 0 Å². The standard InChI is InChI=1S/C12H15N3O/c1-10-8-15(4-5-16-10)9-11-2-3-14-12(6-11)7-13/h2-3,6,10H,4-5,8-9H2,1H3. The summed E-state index contributed by atoms with van der Waals surface area (Å²) in [4.78, 5) is 6.30. The van der Waals surface area contributed by atoms with Crippen LogP contribution in [-0.4, -0.2) is 35.7 Å². The molecule has 2 heterocycles. The Bertz CT molecular complexity index is 399. The topological polar surface area (TPSA) is 49.2 Å². The van der Waals surface area contributed by atoms with Crippen molar-refractivity contribution in [1.82, 2.24) is 9.88 Å². The van der Waals surface area contributed by atoms with E-state index in [9.17, 15) is 0 Å². The van der Waals surface area contributed by atoms with E-state index in [1.165, 1.54) is 0 Å². The van der Waals surface area contributed by atoms with Crippen LogP contribution >= 0.6 is 0 Å². The molecule has 0 aromatic carbocycles. The van der Waals surface area contributed by atoms with Crippen LogP contribution in [0.15, 0.2) is 18.3 Å². The Labute approximate surface area is 95.5 Å². The predicted molar refractivity (Wildman–Crippen MR) is 59.6 cm³/mol. The van der Waals surface area contributed by atoms with Crippen LogP contribution in [0.5, 0.6) is 0 Å². The van der Waals surface area contributed by atoms with E-state index in [1.807, 2.05) is 12.1 Å². The minimum absolute atomic E-state index is 0.297. The van der Waals surface area contributed by atoms with Gasteiger partial charge in [0, 0.05) is 25.8 Å². The third kappa shape index (κ3) is 2.78. The first-order valence-corrected chi connectivity index (χ1v) is 5.47. The maximum atomic E-state index is 8.76. The highest BCUT2D eigenvalue weighted by Crippen LogP contribution is 2.10. The normalized spacial score (nSPS) is 21.6. The van der Waals surface area contributed by atoms with E-state index in [2.05, 4.69) is 22.9 Å². The van der Waals surface area contributed by atoms with Crippen LogP contribution < -0.4 is 0 Å². The summed E-state index contributed by atoms with van der Waals surface area (Å²) in [6.07, 6.45) is 1.99. The van der Waals surface area contributed by atoms with Gasteiger partial charge in [0.1, 0.15) is 11.8 Å². The van der Waals surface area contributed by atoms with Gasteiger partial charge < -0.3 is 4.74 Å². The van der Waals surface area contributed by atoms with E-state index in [-0.39, 0.29) is 0 Å². The summed E-state index contributed by atoms with van der Waals surface area (Å²) in [5.41, 5.74) is 1.62. The van der Waals surface area contributed by atoms with Crippen LogP contribution in [0.2, 0.25) is 0 Å². The summed E-state index contributed by atoms with van der Waals surface area (Å²) in [5, 5.41) is 8.76. The highest BCUT2D eigenvalue weighted by Gasteiger charge is 2.16. The van der Waals surface area contributed by atoms with Gasteiger partial charge in [-0.3, -0.25) is 4.90 Å². The van der Waals surface area contributed by atoms with Gasteiger partial charge >= 0.3 is 0 Å². The molecular formula is C12H15N3O. The van der Waals surface area contributed by atoms with Crippen molar-refractivity contribution in [2.45, 2.75) is 19.6 Å². The van der Waals surface area contributed by atoms with Crippen molar-refractivity contribution in [3.8, 4) is 6.07 Å². The van der Waals surface area contributed by atoms with Crippen molar-refractivity contribution in [2.24, 2.45) is 0 Å². The van der Waals surface area contributed by atoms with Crippen molar-refractivity contribution in [3.63, 3.8) is 0 Å². The summed E-state index contributed by atoms with van der Waals surface area (Å²) in [7, 11) is 0. The van der Waals surface area contributed by atoms with Gasteiger partial charge in [0.25, 0.3) is 0 Å². The number of hydrogen-bond donors (Lipinski definition) is 0. The Morgan fingerprint density at radius 2 is 2.56 bits per heavy atom. The van der Waals surface area contributed by atoms with E-state index in [0.29, 0.717) is 11.8 Å². The molecule has 0 amide bonds. The van der Waals surface area contributed by atoms with E-state index in [4.69, 9.17) is 10.00 Å². The van der Waals surface area contributed by atoms with Gasteiger partial charge in [0.05, 0.1) is 12.7 Å². The first-order valence-electron chi connectivity index (χ1n) is 5.47. The number of morpholine rings is 1. The van der Waals surface area contributed by atoms with Crippen LogP contribution in [0.1, 0.15) is 18.2 Å². The first-order chi connectivity index (χ1) is 7.78. The molecule has 16 heavy (non-hydrogen) atoms. The molecule has 0 spiro atoms. The van der Waals surface area contributed by atoms with Gasteiger partial charge in [-0.05, 0) is 24.6 Å². The first kappa shape index (κ1) is 11.1. The molecule has 1 fully saturated rings. The van der Waals surface area contributed by atoms with E-state index < -0.39 is 0 Å². The molecule has 4 nitrogen and oxygen atoms in total. The monoisotopic (exact) mass is 217 g/mol. The van der Waals surface area contributed by atoms with Crippen LogP contribution in [-0.2, 0) is 11.3 Å². The van der Waals surface area contributed by atoms with E-state index >= 15 is 0 Å². The van der Waals surface area contributed by atoms with Crippen molar-refractivity contribution in [1.29, 1.82) is 5.26 Å². The van der Waals surface area contributed by atoms with Crippen molar-refractivity contribution in [3.05, 3.63) is 29.6 Å². The Morgan fingerprint density at radius 1 is 1.69 bits per heavy atom. The number of aromatic nitrogens is 1. The second-order valence-electron chi connectivity index (χ2n) is 4.08. The third-order valence-electron chi connectivity index (χ3n) is 2.67. The van der Waals surface area contributed by atoms with Gasteiger partial charge in [-0.15, -0.1) is 0 Å². The largest absolute Gasteiger partial charge is 0.376 e. The zero-order chi connectivity index (χ0) is 11.4. The molecule has 0 bridgehead atoms. The fraction of sp³-hybridized carbons (Fsp3) is 0.500. The van der Waals surface area contributed by atoms with Gasteiger partial charge in [0.15, 0.2) is 0 Å². The Morgan fingerprint density at radius 3 is 3.31 bits per heavy atom. The summed E-state index contributed by atoms with van der Waals surface area (Å²) in [5.74, 6) is 0. The maximum absolute atomic E-state index is 8.76. The maximum Gasteiger partial charge on any atom is 0.140 e. The zero-order valence-electron chi connectivity index (χ0n) is 9.39. The molecule has 1 aliphatic rings. The molecule has 2 rings (SSSR count). The third-order valence-corrected chi connectivity index (χ3v) is 2.67. The summed E-state index contributed by atoms with van der Waals surface area (Å²) < 4.78 is 5.48. The van der Waals surface area contributed by atoms with Gasteiger partial charge in [-0.2, -0.15) is 5.26 Å². The lowest BCUT2D eigenvalue weighted by molar-refractivity contribution is -0.0212. The fourth-order valence-electron chi connectivity index (χ4n) is 1.93. The van der Waals surface area contributed by atoms with E-state index in [0.717, 1.165) is 31.8 Å². The molecule has 1 aliphatic heterocycles. The smallest absolute Gasteiger partial charge is 0.140 e. The molecule has 1 unspecified atom stereocenters. The molecule has 0 radical (unpaired) electrons. The molecule has 1 aromatic heterocycles. The SMILES string of the molecule is CC1CN(Cc2ccnc(C#N)c2)CCO1. The van der Waals surface area contributed by atoms with E-state index in [1.54, 1.807) is 6.20 Å². The highest BCUT2D eigenvalue weighted by atomic mass is 16.5. The number of nitrogens with zero attached hydrogens (tertiary/aromatic N) is 3. The molecule has 0 saturated carbocycles. The second kappa shape index (κ2) is 5.06. The van der Waals surface area contributed by atoms with Gasteiger partial charge in [-0.1, -0.05) is 0 Å². The molecule has 1 aromatic rings. The average molecular weight is 217 g/mol. The average Bonchev–Trinajstić information content (AvgIpc) is 2.29. The van der Waals surface area contributed by atoms with Crippen LogP contribution in [0.4, 0.5) is 0 Å². The Kier molecular flexibility index (Phi) is 3.50. The van der Waals surface area contributed by atoms with Gasteiger partial charge in [-0.25, -0.2) is 4.98 Å². The van der Waals surface area contributed by atoms with Crippen LogP contribution in [0, 0.1) is 11.3 Å². The molecule has 1 saturated heterocycles. The quantitative estimate of drug-likeness (QED) is 0.746. The zero-order valence-corrected chi connectivity index (χ0v) is 9.39. The minimum atomic E-state index is 0.297. The lowest BCUT2D eigenvalue weighted by atomic mass is 10.2. The van der Waals surface area contributed by atoms with Crippen LogP contribution in [0.25, 0.3) is 0 Å². The molecule has 1 atom stereocenters. The number of rotatable bonds is 2. The van der Waals surface area contributed by atoms with Crippen molar-refractivity contribution >= 4 is 0 Å². The highest BCUT2D eigenvalue weighted by molar-refractivity contribution is 5.25. The minimum Gasteiger partial charge on any atom is -0.376 e. The molecular weight excluding hydrogens is 202 g/mol. The Balaban J connectivity index is 2.00. The molecule has 0 aliphatic carbocycles. The number of hydrogen-bond acceptors (Lipinski definition) is 4. The molecule has 84 valence electrons. The molecule has 4 heteroatoms. The summed E-state index contributed by atoms with van der Waals surface area (Å²) in [6.45, 7) is 5.64. The molecule has 0 N–H and O–H groups in total. The predicted octanol–water partition coefficient (Wildman–Crippen LogP) is 1.17. The number of nitriles is 1. The van der Waals surface area contributed by atoms with Crippen molar-refractivity contribution < 1.29 is 4.74 Å². The second-order valence-corrected chi connectivity index (χ2v) is 4.08.